The van der Waals surface area contributed by atoms with Gasteiger partial charge in [-0.1, -0.05) is 23.7 Å². The molecule has 0 spiro atoms. The third kappa shape index (κ3) is 5.46. The number of phenolic OH excluding ortho intramolecular Hbond substituents is 1. The molecule has 0 fully saturated rings. The Labute approximate surface area is 158 Å². The van der Waals surface area contributed by atoms with Gasteiger partial charge in [0.1, 0.15) is 0 Å². The fourth-order valence-corrected chi connectivity index (χ4v) is 2.56. The highest BCUT2D eigenvalue weighted by molar-refractivity contribution is 6.30. The predicted octanol–water partition coefficient (Wildman–Crippen LogP) is 2.97. The summed E-state index contributed by atoms with van der Waals surface area (Å²) in [6.45, 7) is 1.25. The molecular weight excluding hydrogens is 354 g/mol. The van der Waals surface area contributed by atoms with Crippen LogP contribution in [0.4, 0.5) is 0 Å². The van der Waals surface area contributed by atoms with Gasteiger partial charge in [-0.05, 0) is 41.8 Å². The molecule has 140 valence electrons. The van der Waals surface area contributed by atoms with Crippen LogP contribution in [0.2, 0.25) is 5.02 Å². The van der Waals surface area contributed by atoms with Gasteiger partial charge in [-0.25, -0.2) is 0 Å². The fraction of sp³-hybridized carbons (Fsp3) is 0.316. The van der Waals surface area contributed by atoms with E-state index in [0.29, 0.717) is 24.0 Å². The van der Waals surface area contributed by atoms with Gasteiger partial charge in [-0.2, -0.15) is 0 Å². The molecule has 0 saturated heterocycles. The van der Waals surface area contributed by atoms with Gasteiger partial charge in [-0.3, -0.25) is 4.99 Å². The Balaban J connectivity index is 1.89. The highest BCUT2D eigenvalue weighted by Crippen LogP contribution is 2.36. The van der Waals surface area contributed by atoms with Crippen molar-refractivity contribution in [1.29, 1.82) is 0 Å². The Kier molecular flexibility index (Phi) is 7.41. The van der Waals surface area contributed by atoms with Crippen molar-refractivity contribution in [3.05, 3.63) is 52.5 Å². The summed E-state index contributed by atoms with van der Waals surface area (Å²) in [5, 5.41) is 17.2. The lowest BCUT2D eigenvalue weighted by Gasteiger charge is -2.14. The molecule has 0 atom stereocenters. The lowest BCUT2D eigenvalue weighted by molar-refractivity contribution is 0.339. The lowest BCUT2D eigenvalue weighted by atomic mass is 10.1. The number of aromatic hydroxyl groups is 1. The first kappa shape index (κ1) is 19.7. The molecule has 0 aromatic heterocycles. The number of nitrogens with zero attached hydrogens (tertiary/aromatic N) is 1. The van der Waals surface area contributed by atoms with Gasteiger partial charge in [-0.15, -0.1) is 0 Å². The van der Waals surface area contributed by atoms with Crippen molar-refractivity contribution in [1.82, 2.24) is 10.6 Å². The van der Waals surface area contributed by atoms with Crippen LogP contribution in [0.5, 0.6) is 17.2 Å². The number of hydrogen-bond donors (Lipinski definition) is 3. The largest absolute Gasteiger partial charge is 0.502 e. The van der Waals surface area contributed by atoms with E-state index in [9.17, 15) is 5.11 Å². The van der Waals surface area contributed by atoms with Crippen LogP contribution < -0.4 is 20.1 Å². The van der Waals surface area contributed by atoms with Crippen molar-refractivity contribution >= 4 is 17.6 Å². The van der Waals surface area contributed by atoms with Crippen LogP contribution in [0.1, 0.15) is 11.1 Å². The Morgan fingerprint density at radius 2 is 1.65 bits per heavy atom. The maximum atomic E-state index is 9.96. The van der Waals surface area contributed by atoms with E-state index in [4.69, 9.17) is 21.1 Å². The standard InChI is InChI=1S/C19H24ClN3O3/c1-21-19(22-9-8-13-4-6-15(20)7-5-13)23-12-14-10-16(25-2)18(24)17(11-14)26-3/h4-7,10-11,24H,8-9,12H2,1-3H3,(H2,21,22,23). The van der Waals surface area contributed by atoms with Crippen LogP contribution >= 0.6 is 11.6 Å². The minimum atomic E-state index is -0.00998. The second-order valence-electron chi connectivity index (χ2n) is 5.58. The molecule has 0 unspecified atom stereocenters. The van der Waals surface area contributed by atoms with E-state index in [1.165, 1.54) is 19.8 Å². The van der Waals surface area contributed by atoms with E-state index >= 15 is 0 Å². The number of ether oxygens (including phenoxy) is 2. The Morgan fingerprint density at radius 1 is 1.04 bits per heavy atom. The Bertz CT molecular complexity index is 723. The lowest BCUT2D eigenvalue weighted by Crippen LogP contribution is -2.37. The topological polar surface area (TPSA) is 75.1 Å². The molecule has 0 saturated carbocycles. The van der Waals surface area contributed by atoms with Gasteiger partial charge in [0.15, 0.2) is 17.5 Å². The van der Waals surface area contributed by atoms with Gasteiger partial charge in [0.2, 0.25) is 5.75 Å². The van der Waals surface area contributed by atoms with Crippen molar-refractivity contribution < 1.29 is 14.6 Å². The molecule has 0 amide bonds. The first-order valence-electron chi connectivity index (χ1n) is 8.20. The molecule has 7 heteroatoms. The molecule has 2 aromatic carbocycles. The SMILES string of the molecule is CN=C(NCCc1ccc(Cl)cc1)NCc1cc(OC)c(O)c(OC)c1. The summed E-state index contributed by atoms with van der Waals surface area (Å²) < 4.78 is 10.3. The van der Waals surface area contributed by atoms with Crippen molar-refractivity contribution in [3.63, 3.8) is 0 Å². The highest BCUT2D eigenvalue weighted by atomic mass is 35.5. The first-order valence-corrected chi connectivity index (χ1v) is 8.58. The van der Waals surface area contributed by atoms with Crippen molar-refractivity contribution in [2.24, 2.45) is 4.99 Å². The van der Waals surface area contributed by atoms with Crippen LogP contribution in [-0.4, -0.2) is 38.9 Å². The normalized spacial score (nSPS) is 11.2. The number of nitrogens with one attached hydrogen (secondary N) is 2. The Hall–Kier alpha value is -2.60. The average Bonchev–Trinajstić information content (AvgIpc) is 2.66. The molecule has 2 aromatic rings. The molecule has 26 heavy (non-hydrogen) atoms. The quantitative estimate of drug-likeness (QED) is 0.511. The number of rotatable bonds is 7. The maximum absolute atomic E-state index is 9.96. The van der Waals surface area contributed by atoms with E-state index in [2.05, 4.69) is 15.6 Å². The monoisotopic (exact) mass is 377 g/mol. The van der Waals surface area contributed by atoms with Crippen LogP contribution in [-0.2, 0) is 13.0 Å². The van der Waals surface area contributed by atoms with Crippen LogP contribution in [0.15, 0.2) is 41.4 Å². The number of halogens is 1. The van der Waals surface area contributed by atoms with Gasteiger partial charge in [0.25, 0.3) is 0 Å². The number of hydrogen-bond acceptors (Lipinski definition) is 4. The number of benzene rings is 2. The van der Waals surface area contributed by atoms with Crippen LogP contribution in [0.3, 0.4) is 0 Å². The summed E-state index contributed by atoms with van der Waals surface area (Å²) in [5.74, 6) is 1.41. The molecule has 3 N–H and O–H groups in total. The molecule has 0 aliphatic heterocycles. The number of aliphatic imine (C=N–C) groups is 1. The van der Waals surface area contributed by atoms with Gasteiger partial charge >= 0.3 is 0 Å². The van der Waals surface area contributed by atoms with Gasteiger partial charge < -0.3 is 25.2 Å². The second kappa shape index (κ2) is 9.77. The maximum Gasteiger partial charge on any atom is 0.200 e. The minimum Gasteiger partial charge on any atom is -0.502 e. The third-order valence-corrected chi connectivity index (χ3v) is 4.09. The first-order chi connectivity index (χ1) is 12.6. The smallest absolute Gasteiger partial charge is 0.200 e. The minimum absolute atomic E-state index is 0.00998. The zero-order valence-corrected chi connectivity index (χ0v) is 15.9. The van der Waals surface area contributed by atoms with E-state index in [1.54, 1.807) is 19.2 Å². The molecule has 0 heterocycles. The number of guanidine groups is 1. The van der Waals surface area contributed by atoms with E-state index in [1.807, 2.05) is 24.3 Å². The zero-order chi connectivity index (χ0) is 18.9. The van der Waals surface area contributed by atoms with Crippen molar-refractivity contribution in [2.45, 2.75) is 13.0 Å². The summed E-state index contributed by atoms with van der Waals surface area (Å²) in [7, 11) is 4.72. The summed E-state index contributed by atoms with van der Waals surface area (Å²) in [6.07, 6.45) is 0.860. The molecule has 0 radical (unpaired) electrons. The molecule has 0 aliphatic carbocycles. The van der Waals surface area contributed by atoms with Crippen molar-refractivity contribution in [2.75, 3.05) is 27.8 Å². The molecule has 0 aliphatic rings. The highest BCUT2D eigenvalue weighted by Gasteiger charge is 2.11. The number of methoxy groups -OCH3 is 2. The molecular formula is C19H24ClN3O3. The van der Waals surface area contributed by atoms with E-state index in [-0.39, 0.29) is 5.75 Å². The van der Waals surface area contributed by atoms with Gasteiger partial charge in [0, 0.05) is 25.2 Å². The summed E-state index contributed by atoms with van der Waals surface area (Å²) >= 11 is 5.89. The Morgan fingerprint density at radius 3 is 2.19 bits per heavy atom. The zero-order valence-electron chi connectivity index (χ0n) is 15.2. The summed E-state index contributed by atoms with van der Waals surface area (Å²) in [6, 6.07) is 11.3. The van der Waals surface area contributed by atoms with Crippen LogP contribution in [0, 0.1) is 0 Å². The average molecular weight is 378 g/mol. The van der Waals surface area contributed by atoms with Gasteiger partial charge in [0.05, 0.1) is 14.2 Å². The molecule has 2 rings (SSSR count). The van der Waals surface area contributed by atoms with Crippen molar-refractivity contribution in [3.8, 4) is 17.2 Å². The molecule has 6 nitrogen and oxygen atoms in total. The molecule has 0 bridgehead atoms. The fourth-order valence-electron chi connectivity index (χ4n) is 2.43. The summed E-state index contributed by atoms with van der Waals surface area (Å²) in [4.78, 5) is 4.21. The number of phenols is 1. The summed E-state index contributed by atoms with van der Waals surface area (Å²) in [5.41, 5.74) is 2.10. The van der Waals surface area contributed by atoms with E-state index < -0.39 is 0 Å². The third-order valence-electron chi connectivity index (χ3n) is 3.84. The van der Waals surface area contributed by atoms with Crippen LogP contribution in [0.25, 0.3) is 0 Å². The predicted molar refractivity (Wildman–Crippen MR) is 105 cm³/mol. The second-order valence-corrected chi connectivity index (χ2v) is 6.01. The van der Waals surface area contributed by atoms with E-state index in [0.717, 1.165) is 23.6 Å².